The molecule has 9 heavy (non-hydrogen) atoms. The lowest BCUT2D eigenvalue weighted by Crippen LogP contribution is -2.26. The maximum atomic E-state index is 9.97. The molecule has 1 heterocycles. The number of nitrogens with one attached hydrogen (secondary N) is 1. The van der Waals surface area contributed by atoms with Crippen molar-refractivity contribution in [2.75, 3.05) is 19.8 Å². The maximum Gasteiger partial charge on any atom is 0.231 e. The highest BCUT2D eigenvalue weighted by molar-refractivity contribution is 5.57. The minimum atomic E-state index is -0.465. The van der Waals surface area contributed by atoms with E-state index in [1.807, 2.05) is 0 Å². The van der Waals surface area contributed by atoms with Crippen molar-refractivity contribution in [3.8, 4) is 0 Å². The lowest BCUT2D eigenvalue weighted by molar-refractivity contribution is 0.0440. The van der Waals surface area contributed by atoms with Crippen LogP contribution in [0.5, 0.6) is 0 Å². The Labute approximate surface area is 53.1 Å². The zero-order chi connectivity index (χ0) is 6.53. The minimum Gasteiger partial charge on any atom is -0.366 e. The highest BCUT2D eigenvalue weighted by Gasteiger charge is 2.10. The van der Waals surface area contributed by atoms with Gasteiger partial charge >= 0.3 is 0 Å². The highest BCUT2D eigenvalue weighted by Crippen LogP contribution is 1.90. The van der Waals surface area contributed by atoms with E-state index < -0.39 is 6.10 Å². The van der Waals surface area contributed by atoms with Crippen LogP contribution in [0.15, 0.2) is 0 Å². The molecule has 4 heteroatoms. The summed E-state index contributed by atoms with van der Waals surface area (Å²) in [6.45, 7) is 1.33. The van der Waals surface area contributed by atoms with Crippen LogP contribution >= 0.6 is 0 Å². The fourth-order valence-electron chi connectivity index (χ4n) is 0.573. The Balaban J connectivity index is 2.26. The summed E-state index contributed by atoms with van der Waals surface area (Å²) in [5.41, 5.74) is 2.56. The SMILES string of the molecule is O=[C]C1CNOCCO1. The molecular formula is C5H8NO3. The number of rotatable bonds is 1. The molecule has 1 N–H and O–H groups in total. The molecule has 1 rings (SSSR count). The van der Waals surface area contributed by atoms with Gasteiger partial charge in [-0.1, -0.05) is 0 Å². The number of ether oxygens (including phenoxy) is 1. The van der Waals surface area contributed by atoms with Crippen molar-refractivity contribution in [2.24, 2.45) is 0 Å². The van der Waals surface area contributed by atoms with Crippen molar-refractivity contribution in [3.05, 3.63) is 0 Å². The van der Waals surface area contributed by atoms with Crippen molar-refractivity contribution in [2.45, 2.75) is 6.10 Å². The van der Waals surface area contributed by atoms with Gasteiger partial charge < -0.3 is 4.74 Å². The number of hydrogen-bond donors (Lipinski definition) is 1. The molecule has 51 valence electrons. The maximum absolute atomic E-state index is 9.97. The molecule has 0 saturated carbocycles. The third kappa shape index (κ3) is 2.09. The summed E-state index contributed by atoms with van der Waals surface area (Å²) < 4.78 is 4.94. The molecule has 1 radical (unpaired) electrons. The summed E-state index contributed by atoms with van der Waals surface area (Å²) in [4.78, 5) is 14.7. The molecule has 1 fully saturated rings. The van der Waals surface area contributed by atoms with Gasteiger partial charge in [-0.25, -0.2) is 0 Å². The quantitative estimate of drug-likeness (QED) is 0.495. The molecule has 1 saturated heterocycles. The average molecular weight is 130 g/mol. The molecule has 0 aromatic rings. The van der Waals surface area contributed by atoms with Crippen LogP contribution in [0.25, 0.3) is 0 Å². The van der Waals surface area contributed by atoms with Crippen molar-refractivity contribution in [3.63, 3.8) is 0 Å². The van der Waals surface area contributed by atoms with Gasteiger partial charge in [0.25, 0.3) is 0 Å². The van der Waals surface area contributed by atoms with Crippen LogP contribution in [-0.2, 0) is 14.4 Å². The molecule has 4 nitrogen and oxygen atoms in total. The second kappa shape index (κ2) is 3.55. The topological polar surface area (TPSA) is 47.6 Å². The first-order valence-electron chi connectivity index (χ1n) is 2.77. The van der Waals surface area contributed by atoms with Crippen LogP contribution in [0, 0.1) is 0 Å². The summed E-state index contributed by atoms with van der Waals surface area (Å²) in [5.74, 6) is 0. The van der Waals surface area contributed by atoms with Crippen LogP contribution in [0.1, 0.15) is 0 Å². The predicted molar refractivity (Wildman–Crippen MR) is 29.4 cm³/mol. The summed E-state index contributed by atoms with van der Waals surface area (Å²) in [6.07, 6.45) is 1.26. The molecule has 1 atom stereocenters. The first kappa shape index (κ1) is 6.67. The van der Waals surface area contributed by atoms with E-state index in [9.17, 15) is 4.79 Å². The largest absolute Gasteiger partial charge is 0.366 e. The van der Waals surface area contributed by atoms with E-state index in [2.05, 4.69) is 5.48 Å². The lowest BCUT2D eigenvalue weighted by Gasteiger charge is -2.02. The number of hydroxylamine groups is 1. The Bertz CT molecular complexity index is 88.2. The molecule has 1 unspecified atom stereocenters. The minimum absolute atomic E-state index is 0.392. The first-order valence-corrected chi connectivity index (χ1v) is 2.77. The van der Waals surface area contributed by atoms with Gasteiger partial charge in [-0.3, -0.25) is 9.63 Å². The Hall–Kier alpha value is -0.450. The third-order valence-corrected chi connectivity index (χ3v) is 1.01. The van der Waals surface area contributed by atoms with Gasteiger partial charge in [0.15, 0.2) is 0 Å². The van der Waals surface area contributed by atoms with E-state index >= 15 is 0 Å². The Kier molecular flexibility index (Phi) is 2.63. The van der Waals surface area contributed by atoms with E-state index in [-0.39, 0.29) is 0 Å². The van der Waals surface area contributed by atoms with Gasteiger partial charge in [0.05, 0.1) is 19.8 Å². The Morgan fingerprint density at radius 3 is 3.22 bits per heavy atom. The van der Waals surface area contributed by atoms with Gasteiger partial charge in [-0.15, -0.1) is 0 Å². The van der Waals surface area contributed by atoms with Crippen LogP contribution in [0.4, 0.5) is 0 Å². The standard InChI is InChI=1S/C5H8NO3/c7-4-5-3-6-9-2-1-8-5/h5-6H,1-3H2. The van der Waals surface area contributed by atoms with Gasteiger partial charge in [-0.2, -0.15) is 5.48 Å². The molecule has 1 aliphatic heterocycles. The molecule has 0 aromatic heterocycles. The van der Waals surface area contributed by atoms with Crippen molar-refractivity contribution in [1.82, 2.24) is 5.48 Å². The third-order valence-electron chi connectivity index (χ3n) is 1.01. The van der Waals surface area contributed by atoms with Gasteiger partial charge in [0, 0.05) is 0 Å². The second-order valence-electron chi connectivity index (χ2n) is 1.67. The molecule has 1 aliphatic rings. The van der Waals surface area contributed by atoms with E-state index in [1.54, 1.807) is 6.29 Å². The van der Waals surface area contributed by atoms with Gasteiger partial charge in [0.2, 0.25) is 6.29 Å². The number of hydrogen-bond acceptors (Lipinski definition) is 4. The zero-order valence-electron chi connectivity index (χ0n) is 4.92. The molecule has 0 amide bonds. The zero-order valence-corrected chi connectivity index (χ0v) is 4.92. The normalized spacial score (nSPS) is 29.1. The predicted octanol–water partition coefficient (Wildman–Crippen LogP) is -0.984. The monoisotopic (exact) mass is 130 g/mol. The van der Waals surface area contributed by atoms with Crippen LogP contribution in [0.3, 0.4) is 0 Å². The van der Waals surface area contributed by atoms with Crippen molar-refractivity contribution >= 4 is 6.29 Å². The van der Waals surface area contributed by atoms with E-state index in [4.69, 9.17) is 9.57 Å². The summed E-state index contributed by atoms with van der Waals surface area (Å²) in [5, 5.41) is 0. The van der Waals surface area contributed by atoms with Crippen molar-refractivity contribution in [1.29, 1.82) is 0 Å². The van der Waals surface area contributed by atoms with Crippen LogP contribution < -0.4 is 5.48 Å². The molecule has 0 bridgehead atoms. The fourth-order valence-corrected chi connectivity index (χ4v) is 0.573. The number of carbonyl (C=O) groups excluding carboxylic acids is 1. The van der Waals surface area contributed by atoms with Crippen LogP contribution in [0.2, 0.25) is 0 Å². The van der Waals surface area contributed by atoms with E-state index in [1.165, 1.54) is 0 Å². The smallest absolute Gasteiger partial charge is 0.231 e. The molecule has 0 aromatic carbocycles. The molecule has 0 spiro atoms. The molecule has 0 aliphatic carbocycles. The lowest BCUT2D eigenvalue weighted by atomic mass is 10.4. The van der Waals surface area contributed by atoms with Gasteiger partial charge in [-0.05, 0) is 0 Å². The van der Waals surface area contributed by atoms with Crippen LogP contribution in [-0.4, -0.2) is 32.1 Å². The average Bonchev–Trinajstić information content (AvgIpc) is 2.13. The van der Waals surface area contributed by atoms with Gasteiger partial charge in [0.1, 0.15) is 6.10 Å². The summed E-state index contributed by atoms with van der Waals surface area (Å²) >= 11 is 0. The van der Waals surface area contributed by atoms with Crippen molar-refractivity contribution < 1.29 is 14.4 Å². The first-order chi connectivity index (χ1) is 4.43. The Morgan fingerprint density at radius 2 is 2.44 bits per heavy atom. The van der Waals surface area contributed by atoms with E-state index in [0.717, 1.165) is 0 Å². The Morgan fingerprint density at radius 1 is 1.56 bits per heavy atom. The highest BCUT2D eigenvalue weighted by atomic mass is 16.7. The second-order valence-corrected chi connectivity index (χ2v) is 1.67. The molecular weight excluding hydrogens is 122 g/mol. The summed E-state index contributed by atoms with van der Waals surface area (Å²) in [7, 11) is 0. The summed E-state index contributed by atoms with van der Waals surface area (Å²) in [6, 6.07) is 0. The van der Waals surface area contributed by atoms with E-state index in [0.29, 0.717) is 19.8 Å². The fraction of sp³-hybridized carbons (Fsp3) is 0.800.